The van der Waals surface area contributed by atoms with E-state index in [2.05, 4.69) is 286 Å². The molecule has 89 heavy (non-hydrogen) atoms. The molecule has 0 radical (unpaired) electrons. The average Bonchev–Trinajstić information content (AvgIpc) is 1.65. The zero-order chi connectivity index (χ0) is 58.2. The third-order valence-corrected chi connectivity index (χ3v) is 16.8. The molecule has 0 fully saturated rings. The van der Waals surface area contributed by atoms with Crippen LogP contribution in [0, 0.1) is 25.4 Å². The van der Waals surface area contributed by atoms with E-state index in [1.807, 2.05) is 36.4 Å². The number of pyridine rings is 1. The van der Waals surface area contributed by atoms with Crippen LogP contribution in [0.2, 0.25) is 0 Å². The Balaban J connectivity index is 0.00000636. The normalized spacial score (nSPS) is 11.6. The summed E-state index contributed by atoms with van der Waals surface area (Å²) < 4.78 is 21.7. The van der Waals surface area contributed by atoms with Crippen molar-refractivity contribution in [1.29, 1.82) is 0 Å². The van der Waals surface area contributed by atoms with E-state index in [1.54, 1.807) is 6.20 Å². The van der Waals surface area contributed by atoms with Crippen LogP contribution in [0.15, 0.2) is 290 Å². The number of aryl methyl sites for hydroxylation is 1. The average molecular weight is 1320 g/mol. The van der Waals surface area contributed by atoms with Crippen LogP contribution in [0.5, 0.6) is 11.5 Å². The zero-order valence-electron chi connectivity index (χ0n) is 48.0. The van der Waals surface area contributed by atoms with Gasteiger partial charge in [0.1, 0.15) is 11.4 Å². The quantitative estimate of drug-likeness (QED) is 0.0956. The molecule has 0 aliphatic rings. The van der Waals surface area contributed by atoms with Crippen molar-refractivity contribution in [3.8, 4) is 95.5 Å². The van der Waals surface area contributed by atoms with Gasteiger partial charge in [-0.15, -0.1) is 30.3 Å². The third-order valence-electron chi connectivity index (χ3n) is 16.8. The molecule has 0 saturated carbocycles. The van der Waals surface area contributed by atoms with Crippen LogP contribution in [0.25, 0.3) is 145 Å². The molecular formula is C80H50N6O2Pt-2. The number of hydrogen-bond donors (Lipinski definition) is 0. The van der Waals surface area contributed by atoms with Gasteiger partial charge in [0, 0.05) is 43.3 Å². The first-order chi connectivity index (χ1) is 43.5. The Morgan fingerprint density at radius 1 is 0.438 bits per heavy atom. The summed E-state index contributed by atoms with van der Waals surface area (Å²) in [6.07, 6.45) is 5.73. The second-order valence-electron chi connectivity index (χ2n) is 22.2. The van der Waals surface area contributed by atoms with Gasteiger partial charge in [-0.3, -0.25) is 9.13 Å². The number of nitrogens with zero attached hydrogens (tertiary/aromatic N) is 6. The fraction of sp³-hybridized carbons (Fsp3) is 0.0125. The van der Waals surface area contributed by atoms with Gasteiger partial charge in [-0.25, -0.2) is 9.97 Å². The molecule has 12 aromatic carbocycles. The predicted octanol–water partition coefficient (Wildman–Crippen LogP) is 19.4. The van der Waals surface area contributed by atoms with Crippen LogP contribution in [-0.2, 0) is 21.1 Å². The molecule has 5 aromatic heterocycles. The summed E-state index contributed by atoms with van der Waals surface area (Å²) in [6.45, 7) is 2.09. The number of rotatable bonds is 11. The van der Waals surface area contributed by atoms with E-state index in [1.165, 1.54) is 0 Å². The molecule has 0 saturated heterocycles. The van der Waals surface area contributed by atoms with E-state index < -0.39 is 0 Å². The van der Waals surface area contributed by atoms with Gasteiger partial charge in [-0.1, -0.05) is 194 Å². The molecule has 424 valence electrons. The molecule has 0 bridgehead atoms. The van der Waals surface area contributed by atoms with Crippen molar-refractivity contribution in [1.82, 2.24) is 23.5 Å². The number of aromatic nitrogens is 6. The number of imidazole rings is 3. The van der Waals surface area contributed by atoms with Gasteiger partial charge < -0.3 is 18.1 Å². The third kappa shape index (κ3) is 9.32. The molecule has 17 aromatic rings. The number of benzene rings is 12. The summed E-state index contributed by atoms with van der Waals surface area (Å²) >= 11 is 0. The Morgan fingerprint density at radius 2 is 0.978 bits per heavy atom. The van der Waals surface area contributed by atoms with Crippen LogP contribution >= 0.6 is 0 Å². The van der Waals surface area contributed by atoms with Crippen LogP contribution < -0.4 is 9.30 Å². The molecule has 0 unspecified atom stereocenters. The van der Waals surface area contributed by atoms with E-state index in [0.717, 1.165) is 139 Å². The van der Waals surface area contributed by atoms with Crippen LogP contribution in [0.3, 0.4) is 0 Å². The minimum absolute atomic E-state index is 0. The van der Waals surface area contributed by atoms with Gasteiger partial charge in [0.05, 0.1) is 34.0 Å². The molecule has 5 heterocycles. The molecule has 0 aliphatic carbocycles. The summed E-state index contributed by atoms with van der Waals surface area (Å²) in [5, 5.41) is 1.98. The second kappa shape index (κ2) is 22.0. The molecule has 17 rings (SSSR count). The maximum atomic E-state index is 6.86. The van der Waals surface area contributed by atoms with Crippen molar-refractivity contribution in [3.05, 3.63) is 309 Å². The second-order valence-corrected chi connectivity index (χ2v) is 22.2. The molecule has 8 nitrogen and oxygen atoms in total. The molecule has 0 N–H and O–H groups in total. The smallest absolute Gasteiger partial charge is 0.268 e. The maximum Gasteiger partial charge on any atom is 0.268 e. The zero-order valence-corrected chi connectivity index (χ0v) is 50.2. The number of furan rings is 1. The van der Waals surface area contributed by atoms with Crippen LogP contribution in [0.4, 0.5) is 0 Å². The first-order valence-corrected chi connectivity index (χ1v) is 29.4. The van der Waals surface area contributed by atoms with E-state index in [-0.39, 0.29) is 21.1 Å². The first kappa shape index (κ1) is 53.3. The van der Waals surface area contributed by atoms with Crippen molar-refractivity contribution >= 4 is 60.8 Å². The van der Waals surface area contributed by atoms with Gasteiger partial charge in [-0.05, 0) is 151 Å². The van der Waals surface area contributed by atoms with Crippen LogP contribution in [-0.4, -0.2) is 23.5 Å². The summed E-state index contributed by atoms with van der Waals surface area (Å²) in [6, 6.07) is 106. The molecule has 0 amide bonds. The number of hydrogen-bond acceptors (Lipinski definition) is 4. The Morgan fingerprint density at radius 3 is 1.62 bits per heavy atom. The van der Waals surface area contributed by atoms with Crippen LogP contribution in [0.1, 0.15) is 5.56 Å². The van der Waals surface area contributed by atoms with Gasteiger partial charge >= 0.3 is 0 Å². The summed E-state index contributed by atoms with van der Waals surface area (Å²) in [4.78, 5) is 10.3. The Hall–Kier alpha value is -11.2. The van der Waals surface area contributed by atoms with Crippen molar-refractivity contribution in [2.75, 3.05) is 0 Å². The van der Waals surface area contributed by atoms with Crippen molar-refractivity contribution in [3.63, 3.8) is 0 Å². The molecule has 0 aliphatic heterocycles. The van der Waals surface area contributed by atoms with Crippen molar-refractivity contribution < 1.29 is 34.8 Å². The number of fused-ring (bicyclic) bond motifs is 9. The molecule has 0 atom stereocenters. The standard InChI is InChI=1S/C80H50N6O2.Pt/c1-52-21-18-37-73-78(52)82-80-85(73)72-40-39-65(48-74(72)86(80)77-49-69-68-32-14-17-38-75(68)88-76(69)50-81-77)87-64-31-19-30-63(47-64)83-51-84(71-36-16-15-35-70(71)83)79-66(61-43-57(53-22-6-2-7-23-53)41-58(44-61)54-24-8-3-9-25-54)33-20-34-67(79)62-45-59(55-26-10-4-11-27-55)42-60(46-62)56-28-12-5-13-29-56;/h2-46,49-50H,1H3;/q-2;. The van der Waals surface area contributed by atoms with E-state index in [0.29, 0.717) is 22.9 Å². The summed E-state index contributed by atoms with van der Waals surface area (Å²) in [7, 11) is 0. The summed E-state index contributed by atoms with van der Waals surface area (Å²) in [5.74, 6) is 2.42. The maximum absolute atomic E-state index is 6.86. The van der Waals surface area contributed by atoms with Gasteiger partial charge in [0.2, 0.25) is 5.78 Å². The fourth-order valence-electron chi connectivity index (χ4n) is 12.7. The summed E-state index contributed by atoms with van der Waals surface area (Å²) in [5.41, 5.74) is 23.1. The monoisotopic (exact) mass is 1320 g/mol. The molecular weight excluding hydrogens is 1270 g/mol. The number of para-hydroxylation sites is 5. The fourth-order valence-corrected chi connectivity index (χ4v) is 12.7. The minimum atomic E-state index is 0. The number of ether oxygens (including phenoxy) is 1. The van der Waals surface area contributed by atoms with Gasteiger partial charge in [0.15, 0.2) is 5.58 Å². The predicted molar refractivity (Wildman–Crippen MR) is 353 cm³/mol. The molecule has 0 spiro atoms. The van der Waals surface area contributed by atoms with E-state index in [4.69, 9.17) is 19.1 Å². The van der Waals surface area contributed by atoms with Crippen molar-refractivity contribution in [2.24, 2.45) is 0 Å². The largest absolute Gasteiger partial charge is 0.510 e. The van der Waals surface area contributed by atoms with Crippen molar-refractivity contribution in [2.45, 2.75) is 6.92 Å². The van der Waals surface area contributed by atoms with Gasteiger partial charge in [-0.2, -0.15) is 12.1 Å². The first-order valence-electron chi connectivity index (χ1n) is 29.4. The molecule has 9 heteroatoms. The minimum Gasteiger partial charge on any atom is -0.510 e. The van der Waals surface area contributed by atoms with E-state index in [9.17, 15) is 0 Å². The SMILES string of the molecule is Cc1cccc2c1nc1n(-c3cc4c(cn3)oc3ccccc34)c3[c-]c(Oc4[c-]c(-n5[c-][n+](-c6c(-c7cc(-c8ccccc8)cc(-c8ccccc8)c7)cccc6-c6cc(-c7ccccc7)cc(-c7ccccc7)c6)c6ccccc65)ccc4)ccc3n21.[Pt]. The van der Waals surface area contributed by atoms with E-state index >= 15 is 0 Å². The Bertz CT molecular complexity index is 5290. The topological polar surface area (TPSA) is 66.3 Å². The Labute approximate surface area is 527 Å². The Kier molecular flexibility index (Phi) is 13.1. The van der Waals surface area contributed by atoms with Gasteiger partial charge in [0.25, 0.3) is 6.33 Å².